The third-order valence-electron chi connectivity index (χ3n) is 5.33. The number of hydrogen-bond acceptors (Lipinski definition) is 6. The first-order valence-corrected chi connectivity index (χ1v) is 10.1. The van der Waals surface area contributed by atoms with Gasteiger partial charge in [-0.2, -0.15) is 5.26 Å². The van der Waals surface area contributed by atoms with E-state index in [-0.39, 0.29) is 23.8 Å². The number of ether oxygens (including phenoxy) is 1. The molecule has 1 heterocycles. The van der Waals surface area contributed by atoms with Gasteiger partial charge in [0.25, 0.3) is 0 Å². The number of anilines is 1. The molecule has 2 aromatic carbocycles. The highest BCUT2D eigenvalue weighted by atomic mass is 16.5. The molecule has 0 aliphatic carbocycles. The van der Waals surface area contributed by atoms with Crippen molar-refractivity contribution in [3.05, 3.63) is 87.9 Å². The summed E-state index contributed by atoms with van der Waals surface area (Å²) in [4.78, 5) is 27.6. The maximum Gasteiger partial charge on any atom is 0.338 e. The fourth-order valence-electron chi connectivity index (χ4n) is 4.00. The number of carbonyl (C=O) groups is 2. The second-order valence-electron chi connectivity index (χ2n) is 7.42. The van der Waals surface area contributed by atoms with Crippen molar-refractivity contribution in [2.45, 2.75) is 33.6 Å². The van der Waals surface area contributed by atoms with Crippen LogP contribution in [0.3, 0.4) is 0 Å². The Morgan fingerprint density at radius 1 is 1.13 bits per heavy atom. The molecule has 1 unspecified atom stereocenters. The van der Waals surface area contributed by atoms with Crippen LogP contribution in [-0.4, -0.2) is 18.4 Å². The van der Waals surface area contributed by atoms with Crippen molar-refractivity contribution in [2.75, 3.05) is 11.5 Å². The molecule has 6 heteroatoms. The summed E-state index contributed by atoms with van der Waals surface area (Å²) in [5.41, 5.74) is 10.9. The fraction of sp³-hybridized carbons (Fsp3) is 0.240. The molecule has 0 aromatic heterocycles. The average molecular weight is 415 g/mol. The summed E-state index contributed by atoms with van der Waals surface area (Å²) in [5.74, 6) is -1.21. The molecule has 1 aliphatic heterocycles. The SMILES string of the molecule is CCOC(=O)C1=C(N)N(c2cccc(C)c2)C(C)=C(C(C)=O)C1c1ccc(C#N)cc1. The highest BCUT2D eigenvalue weighted by Crippen LogP contribution is 2.43. The monoisotopic (exact) mass is 415 g/mol. The molecular weight excluding hydrogens is 390 g/mol. The van der Waals surface area contributed by atoms with Gasteiger partial charge in [0.2, 0.25) is 0 Å². The summed E-state index contributed by atoms with van der Waals surface area (Å²) in [6, 6.07) is 16.6. The Morgan fingerprint density at radius 3 is 2.35 bits per heavy atom. The second kappa shape index (κ2) is 8.88. The highest BCUT2D eigenvalue weighted by Gasteiger charge is 2.39. The summed E-state index contributed by atoms with van der Waals surface area (Å²) in [6.07, 6.45) is 0. The third kappa shape index (κ3) is 4.08. The molecule has 0 fully saturated rings. The van der Waals surface area contributed by atoms with Gasteiger partial charge in [0.1, 0.15) is 5.82 Å². The molecule has 2 N–H and O–H groups in total. The highest BCUT2D eigenvalue weighted by molar-refractivity contribution is 6.03. The molecule has 0 bridgehead atoms. The largest absolute Gasteiger partial charge is 0.463 e. The first kappa shape index (κ1) is 21.8. The van der Waals surface area contributed by atoms with Gasteiger partial charge in [-0.25, -0.2) is 4.79 Å². The molecule has 1 atom stereocenters. The van der Waals surface area contributed by atoms with Gasteiger partial charge in [0.05, 0.1) is 29.7 Å². The van der Waals surface area contributed by atoms with E-state index in [9.17, 15) is 9.59 Å². The van der Waals surface area contributed by atoms with Gasteiger partial charge < -0.3 is 15.4 Å². The van der Waals surface area contributed by atoms with Crippen molar-refractivity contribution in [1.29, 1.82) is 5.26 Å². The van der Waals surface area contributed by atoms with Gasteiger partial charge in [-0.15, -0.1) is 0 Å². The molecule has 0 radical (unpaired) electrons. The maximum absolute atomic E-state index is 13.1. The molecule has 0 saturated carbocycles. The number of nitrogens with two attached hydrogens (primary N) is 1. The first-order chi connectivity index (χ1) is 14.8. The van der Waals surface area contributed by atoms with Crippen LogP contribution >= 0.6 is 0 Å². The zero-order valence-corrected chi connectivity index (χ0v) is 18.1. The number of rotatable bonds is 5. The first-order valence-electron chi connectivity index (χ1n) is 10.1. The minimum Gasteiger partial charge on any atom is -0.463 e. The molecule has 0 saturated heterocycles. The molecule has 0 spiro atoms. The Balaban J connectivity index is 2.30. The summed E-state index contributed by atoms with van der Waals surface area (Å²) < 4.78 is 5.33. The van der Waals surface area contributed by atoms with E-state index in [4.69, 9.17) is 15.7 Å². The van der Waals surface area contributed by atoms with Crippen LogP contribution in [0.2, 0.25) is 0 Å². The number of aryl methyl sites for hydroxylation is 1. The zero-order valence-electron chi connectivity index (χ0n) is 18.1. The molecule has 2 aromatic rings. The number of ketones is 1. The van der Waals surface area contributed by atoms with Crippen molar-refractivity contribution >= 4 is 17.4 Å². The van der Waals surface area contributed by atoms with E-state index in [1.807, 2.05) is 38.1 Å². The van der Waals surface area contributed by atoms with E-state index < -0.39 is 11.9 Å². The van der Waals surface area contributed by atoms with Crippen molar-refractivity contribution in [2.24, 2.45) is 5.73 Å². The van der Waals surface area contributed by atoms with Gasteiger partial charge in [-0.3, -0.25) is 4.79 Å². The topological polar surface area (TPSA) is 96.4 Å². The lowest BCUT2D eigenvalue weighted by Crippen LogP contribution is -2.38. The van der Waals surface area contributed by atoms with Crippen LogP contribution < -0.4 is 10.6 Å². The molecule has 6 nitrogen and oxygen atoms in total. The van der Waals surface area contributed by atoms with Crippen LogP contribution in [0, 0.1) is 18.3 Å². The number of allylic oxidation sites excluding steroid dienone is 2. The Hall–Kier alpha value is -3.85. The van der Waals surface area contributed by atoms with Gasteiger partial charge >= 0.3 is 5.97 Å². The van der Waals surface area contributed by atoms with Gasteiger partial charge in [0, 0.05) is 17.0 Å². The van der Waals surface area contributed by atoms with Crippen LogP contribution in [0.4, 0.5) is 5.69 Å². The number of benzene rings is 2. The van der Waals surface area contributed by atoms with Crippen molar-refractivity contribution in [1.82, 2.24) is 0 Å². The van der Waals surface area contributed by atoms with Crippen molar-refractivity contribution in [3.8, 4) is 6.07 Å². The Kier molecular flexibility index (Phi) is 6.26. The molecule has 3 rings (SSSR count). The summed E-state index contributed by atoms with van der Waals surface area (Å²) in [7, 11) is 0. The molecular formula is C25H25N3O3. The van der Waals surface area contributed by atoms with Crippen LogP contribution in [0.15, 0.2) is 71.2 Å². The Labute approximate surface area is 182 Å². The molecule has 31 heavy (non-hydrogen) atoms. The molecule has 1 aliphatic rings. The van der Waals surface area contributed by atoms with Gasteiger partial charge in [0.15, 0.2) is 5.78 Å². The van der Waals surface area contributed by atoms with Crippen molar-refractivity contribution < 1.29 is 14.3 Å². The standard InChI is InChI=1S/C25H25N3O3/c1-5-31-25(30)23-22(19-11-9-18(14-26)10-12-19)21(17(4)29)16(3)28(24(23)27)20-8-6-7-15(2)13-20/h6-13,22H,5,27H2,1-4H3. The van der Waals surface area contributed by atoms with E-state index in [0.717, 1.165) is 11.3 Å². The van der Waals surface area contributed by atoms with Gasteiger partial charge in [-0.1, -0.05) is 24.3 Å². The fourth-order valence-corrected chi connectivity index (χ4v) is 4.00. The number of esters is 1. The smallest absolute Gasteiger partial charge is 0.338 e. The van der Waals surface area contributed by atoms with Gasteiger partial charge in [-0.05, 0) is 63.1 Å². The number of nitriles is 1. The van der Waals surface area contributed by atoms with E-state index in [0.29, 0.717) is 22.4 Å². The predicted octanol–water partition coefficient (Wildman–Crippen LogP) is 4.07. The lowest BCUT2D eigenvalue weighted by atomic mass is 9.79. The van der Waals surface area contributed by atoms with E-state index in [1.54, 1.807) is 36.1 Å². The van der Waals surface area contributed by atoms with Crippen molar-refractivity contribution in [3.63, 3.8) is 0 Å². The average Bonchev–Trinajstić information content (AvgIpc) is 2.73. The summed E-state index contributed by atoms with van der Waals surface area (Å²) in [5, 5.41) is 9.13. The van der Waals surface area contributed by atoms with Crippen LogP contribution in [0.1, 0.15) is 43.4 Å². The van der Waals surface area contributed by atoms with Crippen LogP contribution in [0.25, 0.3) is 0 Å². The Morgan fingerprint density at radius 2 is 1.81 bits per heavy atom. The minimum absolute atomic E-state index is 0.168. The lowest BCUT2D eigenvalue weighted by Gasteiger charge is -2.37. The summed E-state index contributed by atoms with van der Waals surface area (Å²) in [6.45, 7) is 7.17. The predicted molar refractivity (Wildman–Crippen MR) is 119 cm³/mol. The molecule has 158 valence electrons. The zero-order chi connectivity index (χ0) is 22.7. The number of nitrogens with zero attached hydrogens (tertiary/aromatic N) is 2. The lowest BCUT2D eigenvalue weighted by molar-refractivity contribution is -0.138. The number of hydrogen-bond donors (Lipinski definition) is 1. The second-order valence-corrected chi connectivity index (χ2v) is 7.42. The Bertz CT molecular complexity index is 1140. The number of Topliss-reactive ketones (excluding diaryl/α,β-unsaturated/α-hetero) is 1. The van der Waals surface area contributed by atoms with E-state index in [2.05, 4.69) is 6.07 Å². The number of carbonyl (C=O) groups excluding carboxylic acids is 2. The normalized spacial score (nSPS) is 16.2. The van der Waals surface area contributed by atoms with Crippen LogP contribution in [0.5, 0.6) is 0 Å². The van der Waals surface area contributed by atoms with Crippen LogP contribution in [-0.2, 0) is 14.3 Å². The van der Waals surface area contributed by atoms with E-state index >= 15 is 0 Å². The molecule has 0 amide bonds. The minimum atomic E-state index is -0.689. The summed E-state index contributed by atoms with van der Waals surface area (Å²) >= 11 is 0. The third-order valence-corrected chi connectivity index (χ3v) is 5.33. The quantitative estimate of drug-likeness (QED) is 0.740. The van der Waals surface area contributed by atoms with E-state index in [1.165, 1.54) is 6.92 Å². The maximum atomic E-state index is 13.1.